The Bertz CT molecular complexity index is 320. The van der Waals surface area contributed by atoms with Gasteiger partial charge in [0, 0.05) is 11.9 Å². The van der Waals surface area contributed by atoms with E-state index in [0.717, 1.165) is 0 Å². The second-order valence-electron chi connectivity index (χ2n) is 6.09. The predicted molar refractivity (Wildman–Crippen MR) is 66.8 cm³/mol. The number of rotatable bonds is 4. The average Bonchev–Trinajstić information content (AvgIpc) is 2.25. The van der Waals surface area contributed by atoms with Crippen molar-refractivity contribution >= 4 is 5.97 Å². The molecule has 0 bridgehead atoms. The Morgan fingerprint density at radius 2 is 1.89 bits per heavy atom. The summed E-state index contributed by atoms with van der Waals surface area (Å²) in [6.45, 7) is 9.26. The van der Waals surface area contributed by atoms with E-state index < -0.39 is 28.7 Å². The summed E-state index contributed by atoms with van der Waals surface area (Å²) < 4.78 is 6.01. The minimum absolute atomic E-state index is 0.480. The first-order valence-corrected chi connectivity index (χ1v) is 6.75. The fourth-order valence-corrected chi connectivity index (χ4v) is 3.20. The van der Waals surface area contributed by atoms with Crippen molar-refractivity contribution in [2.45, 2.75) is 77.1 Å². The monoisotopic (exact) mass is 257 g/mol. The number of hydrogen-bond acceptors (Lipinski definition) is 4. The Morgan fingerprint density at radius 3 is 2.22 bits per heavy atom. The Kier molecular flexibility index (Phi) is 4.13. The van der Waals surface area contributed by atoms with Crippen molar-refractivity contribution in [2.24, 2.45) is 5.92 Å². The third-order valence-corrected chi connectivity index (χ3v) is 4.68. The summed E-state index contributed by atoms with van der Waals surface area (Å²) in [6, 6.07) is 0. The van der Waals surface area contributed by atoms with E-state index in [1.54, 1.807) is 13.8 Å². The van der Waals surface area contributed by atoms with Crippen LogP contribution < -0.4 is 5.11 Å². The molecule has 1 N–H and O–H groups in total. The van der Waals surface area contributed by atoms with Crippen LogP contribution in [0.15, 0.2) is 0 Å². The highest BCUT2D eigenvalue weighted by molar-refractivity contribution is 5.69. The number of hydrogen-bond donors (Lipinski definition) is 1. The van der Waals surface area contributed by atoms with Crippen molar-refractivity contribution in [1.82, 2.24) is 0 Å². The van der Waals surface area contributed by atoms with Gasteiger partial charge in [0.15, 0.2) is 0 Å². The molecule has 0 aromatic heterocycles. The van der Waals surface area contributed by atoms with Crippen LogP contribution in [0, 0.1) is 5.92 Å². The van der Waals surface area contributed by atoms with E-state index in [0.29, 0.717) is 25.7 Å². The zero-order chi connectivity index (χ0) is 14.2. The van der Waals surface area contributed by atoms with Gasteiger partial charge in [-0.3, -0.25) is 0 Å². The zero-order valence-electron chi connectivity index (χ0n) is 12.1. The molecule has 18 heavy (non-hydrogen) atoms. The molecular formula is C14H25O4-. The van der Waals surface area contributed by atoms with E-state index in [-0.39, 0.29) is 0 Å². The van der Waals surface area contributed by atoms with E-state index in [4.69, 9.17) is 4.74 Å². The second kappa shape index (κ2) is 4.82. The molecule has 0 unspecified atom stereocenters. The third-order valence-electron chi connectivity index (χ3n) is 4.68. The van der Waals surface area contributed by atoms with Crippen molar-refractivity contribution in [3.63, 3.8) is 0 Å². The molecule has 1 aliphatic heterocycles. The van der Waals surface area contributed by atoms with Crippen molar-refractivity contribution in [3.05, 3.63) is 0 Å². The first-order valence-electron chi connectivity index (χ1n) is 6.75. The summed E-state index contributed by atoms with van der Waals surface area (Å²) in [5.74, 6) is -1.69. The fourth-order valence-electron chi connectivity index (χ4n) is 3.20. The van der Waals surface area contributed by atoms with Gasteiger partial charge in [-0.05, 0) is 46.5 Å². The van der Waals surface area contributed by atoms with Crippen LogP contribution >= 0.6 is 0 Å². The number of carboxylic acids is 1. The van der Waals surface area contributed by atoms with Crippen molar-refractivity contribution in [1.29, 1.82) is 0 Å². The zero-order valence-corrected chi connectivity index (χ0v) is 12.1. The molecule has 1 heterocycles. The molecule has 106 valence electrons. The second-order valence-corrected chi connectivity index (χ2v) is 6.09. The molecular weight excluding hydrogens is 232 g/mol. The van der Waals surface area contributed by atoms with Crippen LogP contribution in [0.5, 0.6) is 0 Å². The molecule has 4 nitrogen and oxygen atoms in total. The van der Waals surface area contributed by atoms with Crippen LogP contribution in [0.25, 0.3) is 0 Å². The summed E-state index contributed by atoms with van der Waals surface area (Å²) in [5.41, 5.74) is -2.43. The maximum Gasteiger partial charge on any atom is 0.0947 e. The van der Waals surface area contributed by atoms with Gasteiger partial charge in [0.25, 0.3) is 0 Å². The molecule has 1 aliphatic rings. The minimum Gasteiger partial charge on any atom is -0.550 e. The SMILES string of the molecule is CCC(O)(CC)[C@@]1(C)CC[C@@H](C(=O)[O-])C(C)(C)O1. The molecule has 0 aromatic rings. The maximum absolute atomic E-state index is 11.1. The first kappa shape index (κ1) is 15.4. The van der Waals surface area contributed by atoms with E-state index in [9.17, 15) is 15.0 Å². The van der Waals surface area contributed by atoms with Crippen LogP contribution in [0.2, 0.25) is 0 Å². The Balaban J connectivity index is 3.01. The highest BCUT2D eigenvalue weighted by Crippen LogP contribution is 2.46. The number of carbonyl (C=O) groups is 1. The number of aliphatic carboxylic acids is 1. The van der Waals surface area contributed by atoms with E-state index >= 15 is 0 Å². The van der Waals surface area contributed by atoms with Gasteiger partial charge in [-0.25, -0.2) is 0 Å². The maximum atomic E-state index is 11.1. The number of carboxylic acid groups (broad SMARTS) is 1. The normalized spacial score (nSPS) is 32.2. The summed E-state index contributed by atoms with van der Waals surface area (Å²) in [5, 5.41) is 21.8. The average molecular weight is 257 g/mol. The van der Waals surface area contributed by atoms with E-state index in [2.05, 4.69) is 0 Å². The van der Waals surface area contributed by atoms with Gasteiger partial charge in [-0.2, -0.15) is 0 Å². The largest absolute Gasteiger partial charge is 0.550 e. The van der Waals surface area contributed by atoms with Gasteiger partial charge in [0.2, 0.25) is 0 Å². The molecule has 0 amide bonds. The molecule has 1 saturated heterocycles. The standard InChI is InChI=1S/C14H26O4/c1-6-14(17,7-2)13(5)9-8-10(11(15)16)12(3,4)18-13/h10,17H,6-9H2,1-5H3,(H,15,16)/p-1/t10-,13+/m0/s1. The predicted octanol–water partition coefficient (Wildman–Crippen LogP) is 1.25. The summed E-state index contributed by atoms with van der Waals surface area (Å²) >= 11 is 0. The Hall–Kier alpha value is -0.610. The molecule has 0 radical (unpaired) electrons. The van der Waals surface area contributed by atoms with Gasteiger partial charge in [0.1, 0.15) is 0 Å². The minimum atomic E-state index is -1.07. The molecule has 1 rings (SSSR count). The lowest BCUT2D eigenvalue weighted by Gasteiger charge is -2.54. The fraction of sp³-hybridized carbons (Fsp3) is 0.929. The number of aliphatic hydroxyl groups is 1. The van der Waals surface area contributed by atoms with Crippen LogP contribution in [-0.2, 0) is 9.53 Å². The van der Waals surface area contributed by atoms with Crippen LogP contribution in [0.3, 0.4) is 0 Å². The van der Waals surface area contributed by atoms with Gasteiger partial charge in [0.05, 0.1) is 16.8 Å². The van der Waals surface area contributed by atoms with Crippen LogP contribution in [0.4, 0.5) is 0 Å². The molecule has 0 saturated carbocycles. The van der Waals surface area contributed by atoms with E-state index in [1.165, 1.54) is 0 Å². The highest BCUT2D eigenvalue weighted by Gasteiger charge is 2.53. The molecule has 1 fully saturated rings. The molecule has 4 heteroatoms. The van der Waals surface area contributed by atoms with Crippen LogP contribution in [0.1, 0.15) is 60.3 Å². The van der Waals surface area contributed by atoms with Gasteiger partial charge < -0.3 is 19.7 Å². The third kappa shape index (κ3) is 2.41. The highest BCUT2D eigenvalue weighted by atomic mass is 16.5. The van der Waals surface area contributed by atoms with Crippen LogP contribution in [-0.4, -0.2) is 27.9 Å². The molecule has 0 spiro atoms. The summed E-state index contributed by atoms with van der Waals surface area (Å²) in [7, 11) is 0. The topological polar surface area (TPSA) is 69.6 Å². The lowest BCUT2D eigenvalue weighted by molar-refractivity contribution is -0.331. The molecule has 0 aromatic carbocycles. The number of carbonyl (C=O) groups excluding carboxylic acids is 1. The quantitative estimate of drug-likeness (QED) is 0.823. The molecule has 0 aliphatic carbocycles. The molecule has 2 atom stereocenters. The van der Waals surface area contributed by atoms with Crippen molar-refractivity contribution in [2.75, 3.05) is 0 Å². The number of ether oxygens (including phenoxy) is 1. The summed E-state index contributed by atoms with van der Waals surface area (Å²) in [4.78, 5) is 11.1. The van der Waals surface area contributed by atoms with Gasteiger partial charge >= 0.3 is 0 Å². The summed E-state index contributed by atoms with van der Waals surface area (Å²) in [6.07, 6.45) is 2.19. The lowest BCUT2D eigenvalue weighted by Crippen LogP contribution is -2.63. The van der Waals surface area contributed by atoms with Crippen molar-refractivity contribution < 1.29 is 19.7 Å². The van der Waals surface area contributed by atoms with Crippen molar-refractivity contribution in [3.8, 4) is 0 Å². The van der Waals surface area contributed by atoms with Gasteiger partial charge in [-0.1, -0.05) is 13.8 Å². The Labute approximate surface area is 109 Å². The lowest BCUT2D eigenvalue weighted by atomic mass is 9.70. The smallest absolute Gasteiger partial charge is 0.0947 e. The first-order chi connectivity index (χ1) is 8.12. The van der Waals surface area contributed by atoms with Gasteiger partial charge in [-0.15, -0.1) is 0 Å². The van der Waals surface area contributed by atoms with E-state index in [1.807, 2.05) is 20.8 Å². The Morgan fingerprint density at radius 1 is 1.39 bits per heavy atom.